The fraction of sp³-hybridized carbons (Fsp3) is 0.294. The molecule has 2 N–H and O–H groups in total. The Morgan fingerprint density at radius 3 is 2.54 bits per heavy atom. The van der Waals surface area contributed by atoms with Crippen molar-refractivity contribution >= 4 is 22.8 Å². The second kappa shape index (κ2) is 7.03. The molecule has 0 saturated carbocycles. The molecule has 136 valence electrons. The van der Waals surface area contributed by atoms with Gasteiger partial charge in [-0.3, -0.25) is 9.36 Å². The van der Waals surface area contributed by atoms with E-state index in [4.69, 9.17) is 5.11 Å². The number of benzene rings is 1. The molecule has 0 bridgehead atoms. The minimum Gasteiger partial charge on any atom is -0.503 e. The first kappa shape index (κ1) is 17.7. The number of hydrogen-bond donors (Lipinski definition) is 2. The summed E-state index contributed by atoms with van der Waals surface area (Å²) in [7, 11) is 0. The van der Waals surface area contributed by atoms with Crippen LogP contribution in [-0.2, 0) is 6.54 Å². The molecule has 26 heavy (non-hydrogen) atoms. The van der Waals surface area contributed by atoms with Gasteiger partial charge in [-0.1, -0.05) is 13.8 Å². The van der Waals surface area contributed by atoms with E-state index in [2.05, 4.69) is 20.3 Å². The molecule has 0 aliphatic rings. The summed E-state index contributed by atoms with van der Waals surface area (Å²) < 4.78 is 28.4. The number of aryl methyl sites for hydroxylation is 1. The Morgan fingerprint density at radius 1 is 1.19 bits per heavy atom. The number of phenolic OH excluding ortho intramolecular Hbond substituents is 1. The fourth-order valence-electron chi connectivity index (χ4n) is 2.39. The Balaban J connectivity index is 2.00. The normalized spacial score (nSPS) is 11.3. The summed E-state index contributed by atoms with van der Waals surface area (Å²) in [5.74, 6) is -2.82. The highest BCUT2D eigenvalue weighted by molar-refractivity contribution is 5.71. The first-order chi connectivity index (χ1) is 12.3. The number of nitrogens with one attached hydrogen (secondary N) is 1. The van der Waals surface area contributed by atoms with Crippen molar-refractivity contribution in [3.05, 3.63) is 46.5 Å². The largest absolute Gasteiger partial charge is 0.503 e. The molecule has 3 rings (SSSR count). The van der Waals surface area contributed by atoms with Crippen LogP contribution in [0.1, 0.15) is 20.3 Å². The summed E-state index contributed by atoms with van der Waals surface area (Å²) in [5.41, 5.74) is 0.499. The van der Waals surface area contributed by atoms with E-state index < -0.39 is 17.4 Å². The van der Waals surface area contributed by atoms with Crippen molar-refractivity contribution in [2.24, 2.45) is 5.92 Å². The smallest absolute Gasteiger partial charge is 0.270 e. The number of phenols is 1. The summed E-state index contributed by atoms with van der Waals surface area (Å²) in [6.07, 6.45) is 3.41. The zero-order valence-corrected chi connectivity index (χ0v) is 14.2. The van der Waals surface area contributed by atoms with Crippen molar-refractivity contribution in [2.45, 2.75) is 26.8 Å². The van der Waals surface area contributed by atoms with Gasteiger partial charge in [0.15, 0.2) is 23.0 Å². The molecule has 9 heteroatoms. The molecule has 0 aliphatic heterocycles. The second-order valence-electron chi connectivity index (χ2n) is 6.25. The van der Waals surface area contributed by atoms with E-state index in [-0.39, 0.29) is 17.2 Å². The van der Waals surface area contributed by atoms with Gasteiger partial charge in [0.05, 0.1) is 12.4 Å². The van der Waals surface area contributed by atoms with E-state index in [1.807, 2.05) is 13.8 Å². The van der Waals surface area contributed by atoms with Crippen LogP contribution in [-0.4, -0.2) is 24.6 Å². The summed E-state index contributed by atoms with van der Waals surface area (Å²) >= 11 is 0. The maximum absolute atomic E-state index is 13.5. The third-order valence-corrected chi connectivity index (χ3v) is 3.79. The third kappa shape index (κ3) is 3.61. The van der Waals surface area contributed by atoms with Crippen LogP contribution in [0.15, 0.2) is 29.3 Å². The lowest BCUT2D eigenvalue weighted by Gasteiger charge is -2.11. The van der Waals surface area contributed by atoms with Gasteiger partial charge in [-0.2, -0.15) is 4.98 Å². The number of nitrogens with zero attached hydrogens (tertiary/aromatic N) is 4. The number of aromatic hydroxyl groups is 1. The molecule has 0 spiro atoms. The van der Waals surface area contributed by atoms with E-state index in [1.54, 1.807) is 0 Å². The van der Waals surface area contributed by atoms with E-state index >= 15 is 0 Å². The number of fused-ring (bicyclic) bond motifs is 1. The zero-order chi connectivity index (χ0) is 18.8. The predicted molar refractivity (Wildman–Crippen MR) is 92.4 cm³/mol. The summed E-state index contributed by atoms with van der Waals surface area (Å²) in [4.78, 5) is 24.5. The molecular weight excluding hydrogens is 344 g/mol. The van der Waals surface area contributed by atoms with Gasteiger partial charge in [-0.05, 0) is 12.3 Å². The Morgan fingerprint density at radius 2 is 1.88 bits per heavy atom. The van der Waals surface area contributed by atoms with Crippen molar-refractivity contribution in [1.29, 1.82) is 0 Å². The Kier molecular flexibility index (Phi) is 4.79. The topological polar surface area (TPSA) is 92.9 Å². The molecule has 0 atom stereocenters. The second-order valence-corrected chi connectivity index (χ2v) is 6.25. The molecule has 1 aromatic carbocycles. The van der Waals surface area contributed by atoms with Crippen molar-refractivity contribution in [1.82, 2.24) is 19.5 Å². The number of aromatic nitrogens is 4. The molecule has 0 fully saturated rings. The SMILES string of the molecule is CC(C)CCn1c(=O)cnc2cnc(Nc3cc(F)c(O)c(F)c3)nc21. The van der Waals surface area contributed by atoms with Gasteiger partial charge in [0.2, 0.25) is 5.95 Å². The Labute approximate surface area is 147 Å². The molecule has 0 radical (unpaired) electrons. The van der Waals surface area contributed by atoms with Crippen LogP contribution in [0.3, 0.4) is 0 Å². The average Bonchev–Trinajstić information content (AvgIpc) is 2.58. The van der Waals surface area contributed by atoms with Crippen LogP contribution in [0.2, 0.25) is 0 Å². The van der Waals surface area contributed by atoms with Crippen LogP contribution in [0.5, 0.6) is 5.75 Å². The van der Waals surface area contributed by atoms with Crippen LogP contribution in [0, 0.1) is 17.6 Å². The number of anilines is 2. The standard InChI is InChI=1S/C17H17F2N5O2/c1-9(2)3-4-24-14(25)8-20-13-7-21-17(23-16(13)24)22-10-5-11(18)15(26)12(19)6-10/h5-9,26H,3-4H2,1-2H3,(H,21,22,23). The van der Waals surface area contributed by atoms with Crippen LogP contribution in [0.25, 0.3) is 11.2 Å². The van der Waals surface area contributed by atoms with Gasteiger partial charge in [-0.15, -0.1) is 0 Å². The predicted octanol–water partition coefficient (Wildman–Crippen LogP) is 2.96. The monoisotopic (exact) mass is 361 g/mol. The average molecular weight is 361 g/mol. The summed E-state index contributed by atoms with van der Waals surface area (Å²) in [6.45, 7) is 4.56. The molecule has 7 nitrogen and oxygen atoms in total. The highest BCUT2D eigenvalue weighted by Gasteiger charge is 2.12. The van der Waals surface area contributed by atoms with Gasteiger partial charge in [0.25, 0.3) is 5.56 Å². The lowest BCUT2D eigenvalue weighted by molar-refractivity contribution is 0.396. The van der Waals surface area contributed by atoms with Crippen LogP contribution in [0.4, 0.5) is 20.4 Å². The zero-order valence-electron chi connectivity index (χ0n) is 14.2. The molecule has 2 heterocycles. The van der Waals surface area contributed by atoms with E-state index in [9.17, 15) is 13.6 Å². The fourth-order valence-corrected chi connectivity index (χ4v) is 2.39. The van der Waals surface area contributed by atoms with Crippen molar-refractivity contribution < 1.29 is 13.9 Å². The van der Waals surface area contributed by atoms with Gasteiger partial charge >= 0.3 is 0 Å². The van der Waals surface area contributed by atoms with E-state index in [0.29, 0.717) is 23.6 Å². The number of halogens is 2. The highest BCUT2D eigenvalue weighted by Crippen LogP contribution is 2.25. The Hall–Kier alpha value is -3.10. The molecule has 0 saturated heterocycles. The molecular formula is C17H17F2N5O2. The van der Waals surface area contributed by atoms with Crippen molar-refractivity contribution in [2.75, 3.05) is 5.32 Å². The molecule has 0 aliphatic carbocycles. The first-order valence-electron chi connectivity index (χ1n) is 8.02. The van der Waals surface area contributed by atoms with Gasteiger partial charge in [0.1, 0.15) is 5.52 Å². The molecule has 0 amide bonds. The van der Waals surface area contributed by atoms with E-state index in [0.717, 1.165) is 18.6 Å². The van der Waals surface area contributed by atoms with Crippen LogP contribution < -0.4 is 10.9 Å². The summed E-state index contributed by atoms with van der Waals surface area (Å²) in [6, 6.07) is 1.84. The minimum absolute atomic E-state index is 0.0251. The molecule has 0 unspecified atom stereocenters. The molecule has 3 aromatic rings. The highest BCUT2D eigenvalue weighted by atomic mass is 19.1. The van der Waals surface area contributed by atoms with E-state index in [1.165, 1.54) is 17.0 Å². The van der Waals surface area contributed by atoms with Gasteiger partial charge < -0.3 is 10.4 Å². The van der Waals surface area contributed by atoms with Crippen LogP contribution >= 0.6 is 0 Å². The molecule has 2 aromatic heterocycles. The number of hydrogen-bond acceptors (Lipinski definition) is 6. The Bertz CT molecular complexity index is 997. The quantitative estimate of drug-likeness (QED) is 0.679. The van der Waals surface area contributed by atoms with Crippen molar-refractivity contribution in [3.8, 4) is 5.75 Å². The third-order valence-electron chi connectivity index (χ3n) is 3.79. The lowest BCUT2D eigenvalue weighted by Crippen LogP contribution is -2.22. The minimum atomic E-state index is -1.11. The maximum atomic E-state index is 13.5. The lowest BCUT2D eigenvalue weighted by atomic mass is 10.1. The number of rotatable bonds is 5. The van der Waals surface area contributed by atoms with Gasteiger partial charge in [0, 0.05) is 24.4 Å². The summed E-state index contributed by atoms with van der Waals surface area (Å²) in [5, 5.41) is 11.8. The van der Waals surface area contributed by atoms with Crippen molar-refractivity contribution in [3.63, 3.8) is 0 Å². The first-order valence-corrected chi connectivity index (χ1v) is 8.02. The van der Waals surface area contributed by atoms with Gasteiger partial charge in [-0.25, -0.2) is 18.7 Å². The maximum Gasteiger partial charge on any atom is 0.270 e.